The Kier molecular flexibility index (Phi) is 5.14. The fourth-order valence-corrected chi connectivity index (χ4v) is 5.07. The average Bonchev–Trinajstić information content (AvgIpc) is 2.73. The fourth-order valence-electron chi connectivity index (χ4n) is 3.34. The molecule has 0 atom stereocenters. The lowest BCUT2D eigenvalue weighted by Crippen LogP contribution is -2.37. The molecule has 1 aliphatic heterocycles. The number of pyridine rings is 1. The van der Waals surface area contributed by atoms with Crippen LogP contribution in [0.4, 0.5) is 5.69 Å². The minimum absolute atomic E-state index is 0.138. The molecule has 146 valence electrons. The quantitative estimate of drug-likeness (QED) is 0.645. The highest BCUT2D eigenvalue weighted by molar-refractivity contribution is 7.91. The molecule has 0 spiro atoms. The standard InChI is InChI=1S/C20H19ClN2O4S/c1-26-15-5-6-18-17(12-15)20(23-7-9-27-10-8-23)19(13-22-18)28(24,25)16-4-2-3-14(21)11-16/h2-6,11-13H,7-10H2,1H3. The Morgan fingerprint density at radius 2 is 1.93 bits per heavy atom. The highest BCUT2D eigenvalue weighted by Crippen LogP contribution is 2.37. The Morgan fingerprint density at radius 3 is 2.64 bits per heavy atom. The van der Waals surface area contributed by atoms with Gasteiger partial charge < -0.3 is 14.4 Å². The van der Waals surface area contributed by atoms with Gasteiger partial charge in [0.1, 0.15) is 10.6 Å². The van der Waals surface area contributed by atoms with Crippen LogP contribution in [-0.4, -0.2) is 46.8 Å². The van der Waals surface area contributed by atoms with Crippen molar-refractivity contribution in [3.63, 3.8) is 0 Å². The van der Waals surface area contributed by atoms with E-state index >= 15 is 0 Å². The zero-order valence-electron chi connectivity index (χ0n) is 15.3. The molecule has 1 aromatic heterocycles. The molecule has 4 rings (SSSR count). The first-order chi connectivity index (χ1) is 13.5. The van der Waals surface area contributed by atoms with Crippen LogP contribution < -0.4 is 9.64 Å². The predicted molar refractivity (Wildman–Crippen MR) is 108 cm³/mol. The molecule has 0 bridgehead atoms. The van der Waals surface area contributed by atoms with E-state index in [4.69, 9.17) is 21.1 Å². The molecule has 1 aliphatic rings. The molecular formula is C20H19ClN2O4S. The second-order valence-electron chi connectivity index (χ2n) is 6.41. The number of nitrogens with zero attached hydrogens (tertiary/aromatic N) is 2. The second-order valence-corrected chi connectivity index (χ2v) is 8.77. The van der Waals surface area contributed by atoms with Gasteiger partial charge in [0.15, 0.2) is 0 Å². The van der Waals surface area contributed by atoms with Crippen LogP contribution in [0.5, 0.6) is 5.75 Å². The lowest BCUT2D eigenvalue weighted by atomic mass is 10.1. The van der Waals surface area contributed by atoms with Gasteiger partial charge in [0.05, 0.1) is 36.4 Å². The van der Waals surface area contributed by atoms with Crippen molar-refractivity contribution < 1.29 is 17.9 Å². The van der Waals surface area contributed by atoms with Gasteiger partial charge in [0.25, 0.3) is 0 Å². The van der Waals surface area contributed by atoms with E-state index in [-0.39, 0.29) is 9.79 Å². The number of hydrogen-bond donors (Lipinski definition) is 0. The van der Waals surface area contributed by atoms with E-state index in [2.05, 4.69) is 4.98 Å². The van der Waals surface area contributed by atoms with Crippen molar-refractivity contribution in [1.82, 2.24) is 4.98 Å². The number of anilines is 1. The molecule has 1 fully saturated rings. The summed E-state index contributed by atoms with van der Waals surface area (Å²) in [6.45, 7) is 2.25. The van der Waals surface area contributed by atoms with Crippen LogP contribution in [0.3, 0.4) is 0 Å². The van der Waals surface area contributed by atoms with Crippen LogP contribution in [0, 0.1) is 0 Å². The van der Waals surface area contributed by atoms with E-state index in [0.29, 0.717) is 48.3 Å². The van der Waals surface area contributed by atoms with Crippen molar-refractivity contribution in [2.24, 2.45) is 0 Å². The summed E-state index contributed by atoms with van der Waals surface area (Å²) in [6, 6.07) is 11.7. The van der Waals surface area contributed by atoms with Crippen LogP contribution in [0.1, 0.15) is 0 Å². The minimum Gasteiger partial charge on any atom is -0.497 e. The maximum absolute atomic E-state index is 13.5. The molecule has 8 heteroatoms. The first-order valence-corrected chi connectivity index (χ1v) is 10.7. The number of fused-ring (bicyclic) bond motifs is 1. The largest absolute Gasteiger partial charge is 0.497 e. The van der Waals surface area contributed by atoms with Gasteiger partial charge in [-0.3, -0.25) is 4.98 Å². The number of halogens is 1. The topological polar surface area (TPSA) is 68.7 Å². The number of rotatable bonds is 4. The van der Waals surface area contributed by atoms with Gasteiger partial charge in [-0.15, -0.1) is 0 Å². The number of morpholine rings is 1. The van der Waals surface area contributed by atoms with Gasteiger partial charge in [-0.2, -0.15) is 0 Å². The van der Waals surface area contributed by atoms with E-state index in [0.717, 1.165) is 5.39 Å². The van der Waals surface area contributed by atoms with Gasteiger partial charge in [-0.1, -0.05) is 17.7 Å². The van der Waals surface area contributed by atoms with Gasteiger partial charge in [-0.05, 0) is 36.4 Å². The number of aromatic nitrogens is 1. The van der Waals surface area contributed by atoms with E-state index in [9.17, 15) is 8.42 Å². The summed E-state index contributed by atoms with van der Waals surface area (Å²) in [6.07, 6.45) is 1.43. The third kappa shape index (κ3) is 3.41. The molecule has 0 saturated carbocycles. The normalized spacial score (nSPS) is 15.0. The molecule has 6 nitrogen and oxygen atoms in total. The van der Waals surface area contributed by atoms with Gasteiger partial charge >= 0.3 is 0 Å². The molecule has 3 aromatic rings. The molecule has 0 aliphatic carbocycles. The van der Waals surface area contributed by atoms with Gasteiger partial charge in [0, 0.05) is 29.7 Å². The van der Waals surface area contributed by atoms with E-state index in [1.807, 2.05) is 23.1 Å². The van der Waals surface area contributed by atoms with Crippen LogP contribution in [0.25, 0.3) is 10.9 Å². The highest BCUT2D eigenvalue weighted by atomic mass is 35.5. The Labute approximate surface area is 168 Å². The molecule has 28 heavy (non-hydrogen) atoms. The number of sulfone groups is 1. The highest BCUT2D eigenvalue weighted by Gasteiger charge is 2.28. The number of benzene rings is 2. The van der Waals surface area contributed by atoms with Crippen molar-refractivity contribution in [2.45, 2.75) is 9.79 Å². The Balaban J connectivity index is 1.99. The fraction of sp³-hybridized carbons (Fsp3) is 0.250. The third-order valence-corrected chi connectivity index (χ3v) is 6.72. The van der Waals surface area contributed by atoms with Crippen molar-refractivity contribution in [1.29, 1.82) is 0 Å². The summed E-state index contributed by atoms with van der Waals surface area (Å²) in [7, 11) is -2.24. The SMILES string of the molecule is COc1ccc2ncc(S(=O)(=O)c3cccc(Cl)c3)c(N3CCOCC3)c2c1. The third-order valence-electron chi connectivity index (χ3n) is 4.74. The lowest BCUT2D eigenvalue weighted by Gasteiger charge is -2.31. The number of ether oxygens (including phenoxy) is 2. The first-order valence-electron chi connectivity index (χ1n) is 8.81. The Bertz CT molecular complexity index is 1130. The molecule has 2 aromatic carbocycles. The minimum atomic E-state index is -3.82. The first kappa shape index (κ1) is 19.0. The summed E-state index contributed by atoms with van der Waals surface area (Å²) >= 11 is 6.04. The van der Waals surface area contributed by atoms with Crippen molar-refractivity contribution in [3.05, 3.63) is 53.7 Å². The van der Waals surface area contributed by atoms with Crippen LogP contribution in [-0.2, 0) is 14.6 Å². The van der Waals surface area contributed by atoms with Gasteiger partial charge in [0.2, 0.25) is 9.84 Å². The molecule has 0 unspecified atom stereocenters. The number of hydrogen-bond acceptors (Lipinski definition) is 6. The number of methoxy groups -OCH3 is 1. The van der Waals surface area contributed by atoms with Gasteiger partial charge in [-0.25, -0.2) is 8.42 Å². The Morgan fingerprint density at radius 1 is 1.14 bits per heavy atom. The molecule has 0 N–H and O–H groups in total. The summed E-state index contributed by atoms with van der Waals surface area (Å²) in [5.74, 6) is 0.640. The molecule has 0 amide bonds. The van der Waals surface area contributed by atoms with E-state index in [1.54, 1.807) is 25.3 Å². The van der Waals surface area contributed by atoms with E-state index < -0.39 is 9.84 Å². The second kappa shape index (κ2) is 7.58. The zero-order valence-corrected chi connectivity index (χ0v) is 16.8. The van der Waals surface area contributed by atoms with Crippen molar-refractivity contribution in [3.8, 4) is 5.75 Å². The maximum atomic E-state index is 13.5. The predicted octanol–water partition coefficient (Wildman–Crippen LogP) is 3.57. The van der Waals surface area contributed by atoms with Crippen LogP contribution in [0.15, 0.2) is 58.5 Å². The van der Waals surface area contributed by atoms with Crippen molar-refractivity contribution in [2.75, 3.05) is 38.3 Å². The summed E-state index contributed by atoms with van der Waals surface area (Å²) < 4.78 is 37.7. The molecular weight excluding hydrogens is 400 g/mol. The van der Waals surface area contributed by atoms with Crippen LogP contribution in [0.2, 0.25) is 5.02 Å². The smallest absolute Gasteiger partial charge is 0.210 e. The van der Waals surface area contributed by atoms with Crippen molar-refractivity contribution >= 4 is 38.0 Å². The monoisotopic (exact) mass is 418 g/mol. The van der Waals surface area contributed by atoms with Crippen LogP contribution >= 0.6 is 11.6 Å². The Hall–Kier alpha value is -2.35. The zero-order chi connectivity index (χ0) is 19.7. The average molecular weight is 419 g/mol. The summed E-state index contributed by atoms with van der Waals surface area (Å²) in [5, 5.41) is 1.09. The lowest BCUT2D eigenvalue weighted by molar-refractivity contribution is 0.122. The van der Waals surface area contributed by atoms with E-state index in [1.165, 1.54) is 12.3 Å². The maximum Gasteiger partial charge on any atom is 0.210 e. The molecule has 1 saturated heterocycles. The summed E-state index contributed by atoms with van der Waals surface area (Å²) in [5.41, 5.74) is 1.32. The summed E-state index contributed by atoms with van der Waals surface area (Å²) in [4.78, 5) is 6.72. The molecule has 0 radical (unpaired) electrons. The molecule has 2 heterocycles.